The van der Waals surface area contributed by atoms with Crippen LogP contribution in [0.3, 0.4) is 0 Å². The van der Waals surface area contributed by atoms with Gasteiger partial charge in [-0.15, -0.1) is 0 Å². The van der Waals surface area contributed by atoms with Gasteiger partial charge in [-0.2, -0.15) is 0 Å². The molecule has 1 saturated heterocycles. The summed E-state index contributed by atoms with van der Waals surface area (Å²) >= 11 is 0. The van der Waals surface area contributed by atoms with E-state index in [0.29, 0.717) is 6.04 Å². The van der Waals surface area contributed by atoms with E-state index < -0.39 is 0 Å². The first-order valence-corrected chi connectivity index (χ1v) is 6.02. The summed E-state index contributed by atoms with van der Waals surface area (Å²) in [6.07, 6.45) is 3.82. The first-order valence-electron chi connectivity index (χ1n) is 6.02. The molecular formula is C13H23N. The highest BCUT2D eigenvalue weighted by Gasteiger charge is 2.36. The molecule has 80 valence electrons. The number of nitrogens with zero attached hydrogens (tertiary/aromatic N) is 1. The average Bonchev–Trinajstić information content (AvgIpc) is 2.56. The first kappa shape index (κ1) is 10.2. The zero-order valence-corrected chi connectivity index (χ0v) is 9.96. The second-order valence-electron chi connectivity index (χ2n) is 5.48. The SMILES string of the molecule is CC1CC=C2CN(C(C)C)CC2C1C. The van der Waals surface area contributed by atoms with Crippen molar-refractivity contribution >= 4 is 0 Å². The molecule has 0 radical (unpaired) electrons. The van der Waals surface area contributed by atoms with Gasteiger partial charge in [0.15, 0.2) is 0 Å². The lowest BCUT2D eigenvalue weighted by Gasteiger charge is -2.30. The van der Waals surface area contributed by atoms with Crippen LogP contribution in [0.2, 0.25) is 0 Å². The molecule has 1 nitrogen and oxygen atoms in total. The summed E-state index contributed by atoms with van der Waals surface area (Å²) in [6.45, 7) is 12.0. The predicted octanol–water partition coefficient (Wildman–Crippen LogP) is 2.93. The molecule has 1 fully saturated rings. The Morgan fingerprint density at radius 2 is 2.07 bits per heavy atom. The second-order valence-corrected chi connectivity index (χ2v) is 5.48. The molecular weight excluding hydrogens is 170 g/mol. The Kier molecular flexibility index (Phi) is 2.70. The summed E-state index contributed by atoms with van der Waals surface area (Å²) in [5.74, 6) is 2.63. The third-order valence-electron chi connectivity index (χ3n) is 4.31. The third-order valence-corrected chi connectivity index (χ3v) is 4.31. The van der Waals surface area contributed by atoms with Gasteiger partial charge in [0.1, 0.15) is 0 Å². The molecule has 2 rings (SSSR count). The largest absolute Gasteiger partial charge is 0.296 e. The Labute approximate surface area is 88.2 Å². The third kappa shape index (κ3) is 1.63. The monoisotopic (exact) mass is 193 g/mol. The molecule has 1 aliphatic heterocycles. The normalized spacial score (nSPS) is 38.6. The van der Waals surface area contributed by atoms with E-state index in [2.05, 4.69) is 38.7 Å². The van der Waals surface area contributed by atoms with Crippen molar-refractivity contribution in [2.75, 3.05) is 13.1 Å². The lowest BCUT2D eigenvalue weighted by Crippen LogP contribution is -2.30. The number of allylic oxidation sites excluding steroid dienone is 1. The first-order chi connectivity index (χ1) is 6.59. The second kappa shape index (κ2) is 3.69. The predicted molar refractivity (Wildman–Crippen MR) is 61.2 cm³/mol. The van der Waals surface area contributed by atoms with Crippen LogP contribution >= 0.6 is 0 Å². The number of hydrogen-bond donors (Lipinski definition) is 0. The summed E-state index contributed by atoms with van der Waals surface area (Å²) < 4.78 is 0. The van der Waals surface area contributed by atoms with Crippen LogP contribution < -0.4 is 0 Å². The molecule has 0 aromatic carbocycles. The van der Waals surface area contributed by atoms with Gasteiger partial charge in [-0.3, -0.25) is 4.90 Å². The summed E-state index contributed by atoms with van der Waals surface area (Å²) in [5, 5.41) is 0. The Morgan fingerprint density at radius 3 is 2.71 bits per heavy atom. The van der Waals surface area contributed by atoms with E-state index in [1.54, 1.807) is 5.57 Å². The van der Waals surface area contributed by atoms with Gasteiger partial charge in [0.2, 0.25) is 0 Å². The van der Waals surface area contributed by atoms with Gasteiger partial charge in [0.25, 0.3) is 0 Å². The van der Waals surface area contributed by atoms with Crippen molar-refractivity contribution in [1.82, 2.24) is 4.90 Å². The minimum Gasteiger partial charge on any atom is -0.296 e. The van der Waals surface area contributed by atoms with Crippen LogP contribution in [0, 0.1) is 17.8 Å². The number of rotatable bonds is 1. The van der Waals surface area contributed by atoms with Gasteiger partial charge in [-0.25, -0.2) is 0 Å². The standard InChI is InChI=1S/C13H23N/c1-9(2)14-7-12-6-5-10(3)11(4)13(12)8-14/h6,9-11,13H,5,7-8H2,1-4H3. The van der Waals surface area contributed by atoms with Crippen molar-refractivity contribution in [3.05, 3.63) is 11.6 Å². The van der Waals surface area contributed by atoms with E-state index in [4.69, 9.17) is 0 Å². The van der Waals surface area contributed by atoms with E-state index >= 15 is 0 Å². The summed E-state index contributed by atoms with van der Waals surface area (Å²) in [4.78, 5) is 2.62. The van der Waals surface area contributed by atoms with E-state index in [0.717, 1.165) is 17.8 Å². The van der Waals surface area contributed by atoms with Crippen molar-refractivity contribution in [2.24, 2.45) is 17.8 Å². The Bertz CT molecular complexity index is 242. The molecule has 0 bridgehead atoms. The van der Waals surface area contributed by atoms with Crippen molar-refractivity contribution < 1.29 is 0 Å². The van der Waals surface area contributed by atoms with Crippen molar-refractivity contribution in [3.8, 4) is 0 Å². The Morgan fingerprint density at radius 1 is 1.36 bits per heavy atom. The van der Waals surface area contributed by atoms with Gasteiger partial charge < -0.3 is 0 Å². The van der Waals surface area contributed by atoms with Crippen LogP contribution in [0.15, 0.2) is 11.6 Å². The molecule has 1 heteroatoms. The summed E-state index contributed by atoms with van der Waals surface area (Å²) in [7, 11) is 0. The Balaban J connectivity index is 2.12. The quantitative estimate of drug-likeness (QED) is 0.579. The van der Waals surface area contributed by atoms with E-state index in [1.807, 2.05) is 0 Å². The van der Waals surface area contributed by atoms with Crippen molar-refractivity contribution in [2.45, 2.75) is 40.2 Å². The van der Waals surface area contributed by atoms with Crippen molar-refractivity contribution in [1.29, 1.82) is 0 Å². The maximum Gasteiger partial charge on any atom is 0.0199 e. The highest BCUT2D eigenvalue weighted by Crippen LogP contribution is 2.39. The van der Waals surface area contributed by atoms with E-state index in [9.17, 15) is 0 Å². The molecule has 3 unspecified atom stereocenters. The number of fused-ring (bicyclic) bond motifs is 1. The summed E-state index contributed by atoms with van der Waals surface area (Å²) in [6, 6.07) is 0.712. The average molecular weight is 193 g/mol. The molecule has 0 spiro atoms. The fourth-order valence-corrected chi connectivity index (χ4v) is 2.85. The van der Waals surface area contributed by atoms with Crippen LogP contribution in [0.1, 0.15) is 34.1 Å². The lowest BCUT2D eigenvalue weighted by molar-refractivity contribution is 0.224. The van der Waals surface area contributed by atoms with Crippen LogP contribution in [0.4, 0.5) is 0 Å². The topological polar surface area (TPSA) is 3.24 Å². The van der Waals surface area contributed by atoms with E-state index in [-0.39, 0.29) is 0 Å². The van der Waals surface area contributed by atoms with Crippen LogP contribution in [-0.2, 0) is 0 Å². The van der Waals surface area contributed by atoms with Crippen molar-refractivity contribution in [3.63, 3.8) is 0 Å². The molecule has 0 aromatic heterocycles. The molecule has 2 aliphatic rings. The maximum atomic E-state index is 2.62. The van der Waals surface area contributed by atoms with Gasteiger partial charge in [0, 0.05) is 19.1 Å². The van der Waals surface area contributed by atoms with Gasteiger partial charge >= 0.3 is 0 Å². The van der Waals surface area contributed by atoms with Crippen LogP contribution in [0.25, 0.3) is 0 Å². The van der Waals surface area contributed by atoms with Gasteiger partial charge in [-0.05, 0) is 38.0 Å². The minimum atomic E-state index is 0.712. The number of likely N-dealkylation sites (tertiary alicyclic amines) is 1. The lowest BCUT2D eigenvalue weighted by atomic mass is 9.75. The molecule has 0 aromatic rings. The molecule has 0 N–H and O–H groups in total. The van der Waals surface area contributed by atoms with Crippen LogP contribution in [-0.4, -0.2) is 24.0 Å². The van der Waals surface area contributed by atoms with Crippen LogP contribution in [0.5, 0.6) is 0 Å². The minimum absolute atomic E-state index is 0.712. The summed E-state index contributed by atoms with van der Waals surface area (Å²) in [5.41, 5.74) is 1.73. The number of hydrogen-bond acceptors (Lipinski definition) is 1. The van der Waals surface area contributed by atoms with E-state index in [1.165, 1.54) is 19.5 Å². The smallest absolute Gasteiger partial charge is 0.0199 e. The molecule has 0 saturated carbocycles. The molecule has 0 amide bonds. The Hall–Kier alpha value is -0.300. The maximum absolute atomic E-state index is 2.62. The fourth-order valence-electron chi connectivity index (χ4n) is 2.85. The van der Waals surface area contributed by atoms with Gasteiger partial charge in [0.05, 0.1) is 0 Å². The highest BCUT2D eigenvalue weighted by molar-refractivity contribution is 5.19. The fraction of sp³-hybridized carbons (Fsp3) is 0.846. The molecule has 3 atom stereocenters. The zero-order valence-electron chi connectivity index (χ0n) is 9.96. The highest BCUT2D eigenvalue weighted by atomic mass is 15.2. The molecule has 1 aliphatic carbocycles. The van der Waals surface area contributed by atoms with Gasteiger partial charge in [-0.1, -0.05) is 25.5 Å². The zero-order chi connectivity index (χ0) is 10.3. The molecule has 14 heavy (non-hydrogen) atoms. The molecule has 1 heterocycles.